The van der Waals surface area contributed by atoms with Gasteiger partial charge in [0.2, 0.25) is 0 Å². The first-order valence-corrected chi connectivity index (χ1v) is 10.9. The molecular weight excluding hydrogens is 400 g/mol. The summed E-state index contributed by atoms with van der Waals surface area (Å²) in [5.41, 5.74) is 3.04. The van der Waals surface area contributed by atoms with Gasteiger partial charge < -0.3 is 20.4 Å². The van der Waals surface area contributed by atoms with Gasteiger partial charge in [0.1, 0.15) is 5.66 Å². The molecule has 2 aromatic rings. The third-order valence-electron chi connectivity index (χ3n) is 6.17. The van der Waals surface area contributed by atoms with Crippen LogP contribution in [-0.4, -0.2) is 42.1 Å². The molecule has 0 bridgehead atoms. The summed E-state index contributed by atoms with van der Waals surface area (Å²) in [7, 11) is 0. The van der Waals surface area contributed by atoms with E-state index in [1.807, 2.05) is 35.2 Å². The van der Waals surface area contributed by atoms with Crippen LogP contribution in [0.4, 0.5) is 16.2 Å². The van der Waals surface area contributed by atoms with Gasteiger partial charge in [0.15, 0.2) is 0 Å². The molecule has 0 radical (unpaired) electrons. The molecule has 158 valence electrons. The van der Waals surface area contributed by atoms with Crippen LogP contribution in [0.3, 0.4) is 0 Å². The van der Waals surface area contributed by atoms with Crippen LogP contribution < -0.4 is 15.5 Å². The quantitative estimate of drug-likeness (QED) is 0.759. The minimum absolute atomic E-state index is 0.0831. The van der Waals surface area contributed by atoms with Gasteiger partial charge in [-0.05, 0) is 49.2 Å². The monoisotopic (exact) mass is 426 g/mol. The number of amides is 3. The Balaban J connectivity index is 1.47. The smallest absolute Gasteiger partial charge is 0.321 e. The van der Waals surface area contributed by atoms with Crippen molar-refractivity contribution in [2.24, 2.45) is 0 Å². The van der Waals surface area contributed by atoms with Crippen molar-refractivity contribution in [1.82, 2.24) is 10.2 Å². The zero-order valence-electron chi connectivity index (χ0n) is 17.4. The van der Waals surface area contributed by atoms with Crippen LogP contribution in [0.25, 0.3) is 0 Å². The van der Waals surface area contributed by atoms with Gasteiger partial charge in [-0.25, -0.2) is 4.79 Å². The second-order valence-corrected chi connectivity index (χ2v) is 8.30. The molecule has 0 unspecified atom stereocenters. The van der Waals surface area contributed by atoms with E-state index in [0.29, 0.717) is 36.5 Å². The van der Waals surface area contributed by atoms with Gasteiger partial charge in [-0.3, -0.25) is 4.79 Å². The minimum atomic E-state index is -0.497. The van der Waals surface area contributed by atoms with Crippen molar-refractivity contribution in [3.05, 3.63) is 58.6 Å². The second-order valence-electron chi connectivity index (χ2n) is 7.86. The predicted molar refractivity (Wildman–Crippen MR) is 120 cm³/mol. The molecule has 2 heterocycles. The second kappa shape index (κ2) is 8.19. The van der Waals surface area contributed by atoms with Gasteiger partial charge in [-0.15, -0.1) is 0 Å². The van der Waals surface area contributed by atoms with Crippen molar-refractivity contribution in [3.63, 3.8) is 0 Å². The summed E-state index contributed by atoms with van der Waals surface area (Å²) < 4.78 is 0. The highest BCUT2D eigenvalue weighted by Gasteiger charge is 2.45. The van der Waals surface area contributed by atoms with Gasteiger partial charge in [0.25, 0.3) is 5.91 Å². The molecule has 4 rings (SSSR count). The lowest BCUT2D eigenvalue weighted by Crippen LogP contribution is -2.68. The van der Waals surface area contributed by atoms with E-state index in [2.05, 4.69) is 29.4 Å². The molecule has 0 aromatic heterocycles. The predicted octanol–water partition coefficient (Wildman–Crippen LogP) is 4.50. The van der Waals surface area contributed by atoms with Crippen LogP contribution >= 0.6 is 11.6 Å². The van der Waals surface area contributed by atoms with E-state index in [9.17, 15) is 9.59 Å². The number of benzene rings is 2. The van der Waals surface area contributed by atoms with Crippen LogP contribution in [0.2, 0.25) is 5.02 Å². The van der Waals surface area contributed by atoms with Crippen LogP contribution in [0.1, 0.15) is 42.6 Å². The fraction of sp³-hybridized carbons (Fsp3) is 0.391. The molecule has 7 heteroatoms. The topological polar surface area (TPSA) is 64.7 Å². The molecule has 1 spiro atoms. The molecule has 3 amide bonds. The molecule has 2 aromatic carbocycles. The molecule has 1 saturated heterocycles. The number of nitrogens with one attached hydrogen (secondary N) is 2. The largest absolute Gasteiger partial charge is 0.348 e. The van der Waals surface area contributed by atoms with E-state index < -0.39 is 5.66 Å². The summed E-state index contributed by atoms with van der Waals surface area (Å²) in [6.45, 7) is 6.04. The zero-order chi connectivity index (χ0) is 21.3. The minimum Gasteiger partial charge on any atom is -0.348 e. The molecule has 0 atom stereocenters. The Morgan fingerprint density at radius 2 is 1.83 bits per heavy atom. The Labute approximate surface area is 182 Å². The first kappa shape index (κ1) is 20.5. The number of carbonyl (C=O) groups is 2. The van der Waals surface area contributed by atoms with Gasteiger partial charge in [0, 0.05) is 43.2 Å². The van der Waals surface area contributed by atoms with Crippen molar-refractivity contribution in [2.75, 3.05) is 29.9 Å². The molecule has 30 heavy (non-hydrogen) atoms. The molecule has 2 N–H and O–H groups in total. The van der Waals surface area contributed by atoms with Crippen molar-refractivity contribution in [2.45, 2.75) is 38.8 Å². The zero-order valence-corrected chi connectivity index (χ0v) is 18.1. The summed E-state index contributed by atoms with van der Waals surface area (Å²) in [5.74, 6) is -0.0831. The average Bonchev–Trinajstić information content (AvgIpc) is 2.75. The maximum absolute atomic E-state index is 12.8. The Hall–Kier alpha value is -2.73. The van der Waals surface area contributed by atoms with Crippen LogP contribution in [-0.2, 0) is 6.42 Å². The Morgan fingerprint density at radius 3 is 2.47 bits per heavy atom. The molecule has 6 nitrogen and oxygen atoms in total. The maximum atomic E-state index is 12.8. The van der Waals surface area contributed by atoms with E-state index in [0.717, 1.165) is 24.3 Å². The van der Waals surface area contributed by atoms with Gasteiger partial charge >= 0.3 is 6.03 Å². The number of aryl methyl sites for hydroxylation is 1. The number of halogens is 1. The molecule has 1 fully saturated rings. The summed E-state index contributed by atoms with van der Waals surface area (Å²) in [4.78, 5) is 29.5. The van der Waals surface area contributed by atoms with E-state index in [-0.39, 0.29) is 11.9 Å². The number of hydrogen-bond donors (Lipinski definition) is 2. The number of anilines is 2. The molecule has 0 aliphatic carbocycles. The molecule has 0 saturated carbocycles. The average molecular weight is 427 g/mol. The standard InChI is InChI=1S/C23H27ClN4O2/c1-3-16-5-8-18(9-6-16)25-22(30)27-13-11-23(12-14-27)26-21(29)19-10-7-17(24)15-20(19)28(23)4-2/h5-10,15H,3-4,11-14H2,1-2H3,(H,25,30)(H,26,29). The fourth-order valence-electron chi connectivity index (χ4n) is 4.47. The van der Waals surface area contributed by atoms with Crippen LogP contribution in [0.15, 0.2) is 42.5 Å². The van der Waals surface area contributed by atoms with Crippen LogP contribution in [0, 0.1) is 0 Å². The van der Waals surface area contributed by atoms with Crippen molar-refractivity contribution < 1.29 is 9.59 Å². The lowest BCUT2D eigenvalue weighted by Gasteiger charge is -2.52. The third-order valence-corrected chi connectivity index (χ3v) is 6.40. The van der Waals surface area contributed by atoms with Crippen LogP contribution in [0.5, 0.6) is 0 Å². The van der Waals surface area contributed by atoms with E-state index in [1.54, 1.807) is 12.1 Å². The third kappa shape index (κ3) is 3.72. The van der Waals surface area contributed by atoms with Gasteiger partial charge in [0.05, 0.1) is 11.3 Å². The van der Waals surface area contributed by atoms with E-state index in [4.69, 9.17) is 11.6 Å². The lowest BCUT2D eigenvalue weighted by atomic mass is 9.90. The lowest BCUT2D eigenvalue weighted by molar-refractivity contribution is 0.0808. The highest BCUT2D eigenvalue weighted by Crippen LogP contribution is 2.38. The molecule has 2 aliphatic heterocycles. The van der Waals surface area contributed by atoms with E-state index in [1.165, 1.54) is 5.56 Å². The highest BCUT2D eigenvalue weighted by molar-refractivity contribution is 6.31. The number of rotatable bonds is 3. The molecular formula is C23H27ClN4O2. The van der Waals surface area contributed by atoms with Crippen molar-refractivity contribution in [1.29, 1.82) is 0 Å². The summed E-state index contributed by atoms with van der Waals surface area (Å²) >= 11 is 6.22. The van der Waals surface area contributed by atoms with Crippen molar-refractivity contribution in [3.8, 4) is 0 Å². The number of likely N-dealkylation sites (tertiary alicyclic amines) is 1. The molecule has 2 aliphatic rings. The number of carbonyl (C=O) groups excluding carboxylic acids is 2. The first-order valence-electron chi connectivity index (χ1n) is 10.5. The normalized spacial score (nSPS) is 17.5. The number of hydrogen-bond acceptors (Lipinski definition) is 3. The maximum Gasteiger partial charge on any atom is 0.321 e. The summed E-state index contributed by atoms with van der Waals surface area (Å²) in [6.07, 6.45) is 2.28. The first-order chi connectivity index (χ1) is 14.5. The Morgan fingerprint density at radius 1 is 1.13 bits per heavy atom. The van der Waals surface area contributed by atoms with Gasteiger partial charge in [-0.1, -0.05) is 30.7 Å². The highest BCUT2D eigenvalue weighted by atomic mass is 35.5. The fourth-order valence-corrected chi connectivity index (χ4v) is 4.64. The Bertz CT molecular complexity index is 952. The van der Waals surface area contributed by atoms with E-state index >= 15 is 0 Å². The summed E-state index contributed by atoms with van der Waals surface area (Å²) in [6, 6.07) is 13.2. The van der Waals surface area contributed by atoms with Crippen molar-refractivity contribution >= 4 is 34.9 Å². The SMILES string of the molecule is CCc1ccc(NC(=O)N2CCC3(CC2)NC(=O)c2ccc(Cl)cc2N3CC)cc1. The number of urea groups is 1. The summed E-state index contributed by atoms with van der Waals surface area (Å²) in [5, 5.41) is 6.81. The number of piperidine rings is 1. The van der Waals surface area contributed by atoms with Gasteiger partial charge in [-0.2, -0.15) is 0 Å². The Kier molecular flexibility index (Phi) is 5.60. The number of nitrogens with zero attached hydrogens (tertiary/aromatic N) is 2. The number of fused-ring (bicyclic) bond motifs is 1.